The summed E-state index contributed by atoms with van der Waals surface area (Å²) < 4.78 is 7.53. The molecule has 0 bridgehead atoms. The summed E-state index contributed by atoms with van der Waals surface area (Å²) in [6, 6.07) is 7.38. The van der Waals surface area contributed by atoms with Crippen LogP contribution in [0, 0.1) is 0 Å². The van der Waals surface area contributed by atoms with Gasteiger partial charge >= 0.3 is 11.1 Å². The fraction of sp³-hybridized carbons (Fsp3) is 0.444. The Morgan fingerprint density at radius 3 is 2.41 bits per heavy atom. The molecule has 142 valence electrons. The average Bonchev–Trinajstić information content (AvgIpc) is 3.36. The van der Waals surface area contributed by atoms with Crippen molar-refractivity contribution in [2.75, 3.05) is 31.6 Å². The van der Waals surface area contributed by atoms with Crippen molar-refractivity contribution in [3.8, 4) is 5.75 Å². The van der Waals surface area contributed by atoms with E-state index in [0.29, 0.717) is 32.1 Å². The van der Waals surface area contributed by atoms with E-state index in [2.05, 4.69) is 5.10 Å². The molecule has 0 spiro atoms. The van der Waals surface area contributed by atoms with Crippen LogP contribution in [0.3, 0.4) is 0 Å². The Labute approximate surface area is 155 Å². The number of hydrogen-bond donors (Lipinski definition) is 0. The van der Waals surface area contributed by atoms with Crippen molar-refractivity contribution in [3.63, 3.8) is 0 Å². The summed E-state index contributed by atoms with van der Waals surface area (Å²) in [6.07, 6.45) is 1.93. The molecule has 0 radical (unpaired) electrons. The molecule has 1 fully saturated rings. The number of methoxy groups -OCH3 is 1. The van der Waals surface area contributed by atoms with E-state index in [-0.39, 0.29) is 12.5 Å². The van der Waals surface area contributed by atoms with E-state index in [0.717, 1.165) is 29.0 Å². The third-order valence-electron chi connectivity index (χ3n) is 5.03. The molecule has 0 aliphatic carbocycles. The van der Waals surface area contributed by atoms with Gasteiger partial charge in [0, 0.05) is 31.9 Å². The summed E-state index contributed by atoms with van der Waals surface area (Å²) in [5.41, 5.74) is -0.571. The lowest BCUT2D eigenvalue weighted by Gasteiger charge is -2.19. The molecule has 1 aromatic carbocycles. The van der Waals surface area contributed by atoms with Crippen LogP contribution in [0.1, 0.15) is 12.8 Å². The Kier molecular flexibility index (Phi) is 4.43. The summed E-state index contributed by atoms with van der Waals surface area (Å²) in [5.74, 6) is 0.920. The number of aromatic nitrogens is 3. The Balaban J connectivity index is 1.67. The van der Waals surface area contributed by atoms with Crippen LogP contribution in [0.5, 0.6) is 5.75 Å². The van der Waals surface area contributed by atoms with Crippen molar-refractivity contribution >= 4 is 17.5 Å². The number of ether oxygens (including phenoxy) is 1. The van der Waals surface area contributed by atoms with Crippen molar-refractivity contribution in [1.29, 1.82) is 0 Å². The number of carbonyl (C=O) groups excluding carboxylic acids is 1. The van der Waals surface area contributed by atoms with Gasteiger partial charge in [-0.2, -0.15) is 0 Å². The minimum atomic E-state index is -0.761. The lowest BCUT2D eigenvalue weighted by Crippen LogP contribution is -2.45. The standard InChI is InChI=1S/C18H21N5O4/c1-27-14-6-4-13(5-7-14)21-10-11-22-16(25)17(26)23(19-18(21)22)12-15(24)20-8-2-3-9-20/h4-7H,2-3,8-12H2,1H3. The lowest BCUT2D eigenvalue weighted by atomic mass is 10.3. The first-order valence-corrected chi connectivity index (χ1v) is 9.00. The summed E-state index contributed by atoms with van der Waals surface area (Å²) in [4.78, 5) is 40.8. The molecule has 4 rings (SSSR count). The molecule has 0 atom stereocenters. The van der Waals surface area contributed by atoms with Gasteiger partial charge in [-0.25, -0.2) is 4.68 Å². The molecule has 1 aromatic heterocycles. The molecule has 0 N–H and O–H groups in total. The zero-order valence-electron chi connectivity index (χ0n) is 15.1. The second-order valence-corrected chi connectivity index (χ2v) is 6.66. The molecular formula is C18H21N5O4. The van der Waals surface area contributed by atoms with Crippen LogP contribution in [0.15, 0.2) is 33.9 Å². The van der Waals surface area contributed by atoms with Gasteiger partial charge in [-0.15, -0.1) is 5.10 Å². The van der Waals surface area contributed by atoms with Crippen molar-refractivity contribution in [3.05, 3.63) is 45.0 Å². The number of benzene rings is 1. The molecule has 0 saturated carbocycles. The minimum absolute atomic E-state index is 0.180. The summed E-state index contributed by atoms with van der Waals surface area (Å²) >= 11 is 0. The maximum Gasteiger partial charge on any atom is 0.333 e. The highest BCUT2D eigenvalue weighted by Crippen LogP contribution is 2.27. The number of amides is 1. The molecular weight excluding hydrogens is 350 g/mol. The van der Waals surface area contributed by atoms with Crippen LogP contribution in [0.25, 0.3) is 0 Å². The van der Waals surface area contributed by atoms with E-state index in [1.165, 1.54) is 4.57 Å². The molecule has 9 heteroatoms. The summed E-state index contributed by atoms with van der Waals surface area (Å²) in [6.45, 7) is 2.07. The number of nitrogens with zero attached hydrogens (tertiary/aromatic N) is 5. The molecule has 1 saturated heterocycles. The Bertz CT molecular complexity index is 973. The maximum atomic E-state index is 12.5. The van der Waals surface area contributed by atoms with Gasteiger partial charge in [0.1, 0.15) is 12.3 Å². The number of rotatable bonds is 4. The topological polar surface area (TPSA) is 89.7 Å². The van der Waals surface area contributed by atoms with Crippen LogP contribution < -0.4 is 20.8 Å². The van der Waals surface area contributed by atoms with Gasteiger partial charge in [-0.05, 0) is 37.1 Å². The van der Waals surface area contributed by atoms with Gasteiger partial charge in [0.2, 0.25) is 11.9 Å². The highest BCUT2D eigenvalue weighted by Gasteiger charge is 2.27. The van der Waals surface area contributed by atoms with E-state index in [4.69, 9.17) is 4.74 Å². The Hall–Kier alpha value is -3.10. The van der Waals surface area contributed by atoms with Gasteiger partial charge < -0.3 is 14.5 Å². The van der Waals surface area contributed by atoms with E-state index < -0.39 is 11.1 Å². The van der Waals surface area contributed by atoms with Crippen molar-refractivity contribution < 1.29 is 9.53 Å². The fourth-order valence-corrected chi connectivity index (χ4v) is 3.53. The van der Waals surface area contributed by atoms with Crippen molar-refractivity contribution in [2.24, 2.45) is 0 Å². The lowest BCUT2D eigenvalue weighted by molar-refractivity contribution is -0.131. The number of hydrogen-bond acceptors (Lipinski definition) is 6. The molecule has 1 amide bonds. The predicted octanol–water partition coefficient (Wildman–Crippen LogP) is 0.188. The highest BCUT2D eigenvalue weighted by atomic mass is 16.5. The van der Waals surface area contributed by atoms with Crippen molar-refractivity contribution in [2.45, 2.75) is 25.9 Å². The number of likely N-dealkylation sites (tertiary alicyclic amines) is 1. The van der Waals surface area contributed by atoms with Gasteiger partial charge in [0.25, 0.3) is 0 Å². The van der Waals surface area contributed by atoms with Crippen LogP contribution in [0.4, 0.5) is 11.6 Å². The zero-order chi connectivity index (χ0) is 19.0. The van der Waals surface area contributed by atoms with Gasteiger partial charge in [0.05, 0.1) is 7.11 Å². The minimum Gasteiger partial charge on any atom is -0.497 e. The monoisotopic (exact) mass is 371 g/mol. The molecule has 2 aliphatic rings. The summed E-state index contributed by atoms with van der Waals surface area (Å²) in [7, 11) is 1.59. The highest BCUT2D eigenvalue weighted by molar-refractivity contribution is 5.76. The van der Waals surface area contributed by atoms with Crippen LogP contribution in [-0.2, 0) is 17.9 Å². The normalized spacial score (nSPS) is 15.9. The maximum absolute atomic E-state index is 12.5. The Morgan fingerprint density at radius 1 is 1.04 bits per heavy atom. The number of carbonyl (C=O) groups is 1. The van der Waals surface area contributed by atoms with E-state index in [1.54, 1.807) is 12.0 Å². The van der Waals surface area contributed by atoms with E-state index in [9.17, 15) is 14.4 Å². The third-order valence-corrected chi connectivity index (χ3v) is 5.03. The molecule has 3 heterocycles. The summed E-state index contributed by atoms with van der Waals surface area (Å²) in [5, 5.41) is 4.34. The smallest absolute Gasteiger partial charge is 0.333 e. The molecule has 27 heavy (non-hydrogen) atoms. The fourth-order valence-electron chi connectivity index (χ4n) is 3.53. The first-order valence-electron chi connectivity index (χ1n) is 9.00. The van der Waals surface area contributed by atoms with Gasteiger partial charge in [-0.1, -0.05) is 0 Å². The SMILES string of the molecule is COc1ccc(N2CCn3c2nn(CC(=O)N2CCCC2)c(=O)c3=O)cc1. The van der Waals surface area contributed by atoms with Crippen LogP contribution in [-0.4, -0.2) is 51.9 Å². The third kappa shape index (κ3) is 3.09. The van der Waals surface area contributed by atoms with E-state index in [1.807, 2.05) is 29.2 Å². The zero-order valence-corrected chi connectivity index (χ0v) is 15.1. The number of fused-ring (bicyclic) bond motifs is 1. The largest absolute Gasteiger partial charge is 0.497 e. The van der Waals surface area contributed by atoms with Gasteiger partial charge in [0.15, 0.2) is 0 Å². The first-order chi connectivity index (χ1) is 13.1. The molecule has 0 unspecified atom stereocenters. The van der Waals surface area contributed by atoms with Crippen LogP contribution >= 0.6 is 0 Å². The first kappa shape index (κ1) is 17.3. The second-order valence-electron chi connectivity index (χ2n) is 6.66. The molecule has 9 nitrogen and oxygen atoms in total. The number of anilines is 2. The quantitative estimate of drug-likeness (QED) is 0.713. The molecule has 2 aromatic rings. The average molecular weight is 371 g/mol. The van der Waals surface area contributed by atoms with Gasteiger partial charge in [-0.3, -0.25) is 19.0 Å². The second kappa shape index (κ2) is 6.90. The van der Waals surface area contributed by atoms with Crippen LogP contribution in [0.2, 0.25) is 0 Å². The predicted molar refractivity (Wildman–Crippen MR) is 98.6 cm³/mol. The van der Waals surface area contributed by atoms with Crippen molar-refractivity contribution in [1.82, 2.24) is 19.2 Å². The van der Waals surface area contributed by atoms with E-state index >= 15 is 0 Å². The Morgan fingerprint density at radius 2 is 1.74 bits per heavy atom. The molecule has 2 aliphatic heterocycles.